The van der Waals surface area contributed by atoms with E-state index in [4.69, 9.17) is 51.1 Å². The van der Waals surface area contributed by atoms with E-state index in [9.17, 15) is 9.59 Å². The maximum atomic E-state index is 12.3. The third-order valence-electron chi connectivity index (χ3n) is 3.08. The molecule has 24 heavy (non-hydrogen) atoms. The molecule has 0 aromatic heterocycles. The zero-order chi connectivity index (χ0) is 18.3. The maximum Gasteiger partial charge on any atom is 0.324 e. The van der Waals surface area contributed by atoms with Crippen LogP contribution in [0.4, 0.5) is 10.5 Å². The highest BCUT2D eigenvalue weighted by Gasteiger charge is 2.29. The van der Waals surface area contributed by atoms with Gasteiger partial charge >= 0.3 is 12.0 Å². The summed E-state index contributed by atoms with van der Waals surface area (Å²) in [6.45, 7) is 1.95. The number of hydrogen-bond acceptors (Lipinski definition) is 3. The van der Waals surface area contributed by atoms with Crippen LogP contribution >= 0.6 is 46.4 Å². The monoisotopic (exact) mass is 414 g/mol. The van der Waals surface area contributed by atoms with Crippen LogP contribution in [0.2, 0.25) is 10.0 Å². The molecule has 134 valence electrons. The topological polar surface area (TPSA) is 58.6 Å². The van der Waals surface area contributed by atoms with E-state index in [0.29, 0.717) is 17.1 Å². The van der Waals surface area contributed by atoms with Gasteiger partial charge < -0.3 is 10.1 Å². The van der Waals surface area contributed by atoms with Crippen LogP contribution in [0, 0.1) is 0 Å². The van der Waals surface area contributed by atoms with Crippen LogP contribution in [0.25, 0.3) is 0 Å². The molecule has 0 spiro atoms. The minimum atomic E-state index is -1.12. The number of nitrogens with zero attached hydrogens (tertiary/aromatic N) is 1. The van der Waals surface area contributed by atoms with Gasteiger partial charge in [0.1, 0.15) is 0 Å². The van der Waals surface area contributed by atoms with Crippen molar-refractivity contribution < 1.29 is 14.3 Å². The predicted molar refractivity (Wildman–Crippen MR) is 98.1 cm³/mol. The van der Waals surface area contributed by atoms with Crippen molar-refractivity contribution in [1.29, 1.82) is 0 Å². The van der Waals surface area contributed by atoms with Gasteiger partial charge in [0, 0.05) is 18.5 Å². The Labute approximate surface area is 161 Å². The first-order valence-corrected chi connectivity index (χ1v) is 8.85. The van der Waals surface area contributed by atoms with Crippen LogP contribution < -0.4 is 5.32 Å². The van der Waals surface area contributed by atoms with E-state index in [1.54, 1.807) is 12.1 Å². The average Bonchev–Trinajstić information content (AvgIpc) is 2.52. The van der Waals surface area contributed by atoms with Gasteiger partial charge in [0.2, 0.25) is 6.23 Å². The number of rotatable bonds is 7. The molecule has 9 heteroatoms. The zero-order valence-electron chi connectivity index (χ0n) is 13.2. The number of urea groups is 1. The number of carbonyl (C=O) groups excluding carboxylic acids is 2. The molecular weight excluding hydrogens is 398 g/mol. The second-order valence-corrected chi connectivity index (χ2v) is 6.99. The molecule has 1 N–H and O–H groups in total. The maximum absolute atomic E-state index is 12.3. The molecule has 0 saturated heterocycles. The summed E-state index contributed by atoms with van der Waals surface area (Å²) in [5.41, 5.74) is 0.356. The first kappa shape index (κ1) is 21.2. The van der Waals surface area contributed by atoms with Crippen molar-refractivity contribution in [1.82, 2.24) is 4.90 Å². The summed E-state index contributed by atoms with van der Waals surface area (Å²) in [7, 11) is 1.41. The SMILES string of the molecule is CCCCC(=O)OC(C(Cl)Cl)N(C)C(=O)Nc1ccc(Cl)cc1Cl. The lowest BCUT2D eigenvalue weighted by Gasteiger charge is -2.28. The first-order valence-electron chi connectivity index (χ1n) is 7.22. The van der Waals surface area contributed by atoms with Crippen molar-refractivity contribution >= 4 is 64.1 Å². The van der Waals surface area contributed by atoms with Gasteiger partial charge in [0.25, 0.3) is 0 Å². The van der Waals surface area contributed by atoms with Crippen molar-refractivity contribution in [3.8, 4) is 0 Å². The Morgan fingerprint density at radius 3 is 2.50 bits per heavy atom. The van der Waals surface area contributed by atoms with Crippen LogP contribution in [0.1, 0.15) is 26.2 Å². The van der Waals surface area contributed by atoms with Crippen LogP contribution in [0.3, 0.4) is 0 Å². The summed E-state index contributed by atoms with van der Waals surface area (Å²) in [4.78, 5) is 24.1. The molecule has 0 aliphatic carbocycles. The Bertz CT molecular complexity index is 584. The Kier molecular flexibility index (Phi) is 8.98. The van der Waals surface area contributed by atoms with E-state index in [-0.39, 0.29) is 11.4 Å². The van der Waals surface area contributed by atoms with Gasteiger partial charge in [-0.25, -0.2) is 4.79 Å². The fourth-order valence-corrected chi connectivity index (χ4v) is 2.62. The quantitative estimate of drug-likeness (QED) is 0.372. The Morgan fingerprint density at radius 1 is 1.29 bits per heavy atom. The molecule has 1 atom stereocenters. The molecule has 0 saturated carbocycles. The number of unbranched alkanes of at least 4 members (excludes halogenated alkanes) is 1. The van der Waals surface area contributed by atoms with Gasteiger partial charge in [-0.05, 0) is 24.6 Å². The van der Waals surface area contributed by atoms with E-state index >= 15 is 0 Å². The highest BCUT2D eigenvalue weighted by Crippen LogP contribution is 2.26. The van der Waals surface area contributed by atoms with Crippen LogP contribution in [-0.2, 0) is 9.53 Å². The highest BCUT2D eigenvalue weighted by molar-refractivity contribution is 6.44. The van der Waals surface area contributed by atoms with Gasteiger partial charge in [0.05, 0.1) is 10.7 Å². The zero-order valence-corrected chi connectivity index (χ0v) is 16.2. The lowest BCUT2D eigenvalue weighted by atomic mass is 10.2. The number of amides is 2. The lowest BCUT2D eigenvalue weighted by Crippen LogP contribution is -2.46. The Morgan fingerprint density at radius 2 is 1.96 bits per heavy atom. The largest absolute Gasteiger partial charge is 0.438 e. The summed E-state index contributed by atoms with van der Waals surface area (Å²) in [5.74, 6) is -0.475. The average molecular weight is 416 g/mol. The lowest BCUT2D eigenvalue weighted by molar-refractivity contribution is -0.154. The molecule has 0 aliphatic heterocycles. The summed E-state index contributed by atoms with van der Waals surface area (Å²) in [6, 6.07) is 4.04. The molecule has 0 bridgehead atoms. The smallest absolute Gasteiger partial charge is 0.324 e. The van der Waals surface area contributed by atoms with Gasteiger partial charge in [0.15, 0.2) is 4.84 Å². The van der Waals surface area contributed by atoms with Crippen molar-refractivity contribution in [2.75, 3.05) is 12.4 Å². The van der Waals surface area contributed by atoms with E-state index in [2.05, 4.69) is 5.32 Å². The number of carbonyl (C=O) groups is 2. The standard InChI is InChI=1S/C15H18Cl4N2O3/c1-3-4-5-12(22)24-14(13(18)19)21(2)15(23)20-11-7-6-9(16)8-10(11)17/h6-8,13-14H,3-5H2,1-2H3,(H,20,23). The molecular formula is C15H18Cl4N2O3. The predicted octanol–water partition coefficient (Wildman–Crippen LogP) is 5.32. The minimum Gasteiger partial charge on any atom is -0.438 e. The van der Waals surface area contributed by atoms with Crippen LogP contribution in [-0.4, -0.2) is 35.0 Å². The summed E-state index contributed by atoms with van der Waals surface area (Å²) in [5, 5.41) is 3.29. The fourth-order valence-electron chi connectivity index (χ4n) is 1.72. The molecule has 1 aromatic rings. The number of ether oxygens (including phenoxy) is 1. The molecule has 0 fully saturated rings. The van der Waals surface area contributed by atoms with Crippen molar-refractivity contribution in [2.45, 2.75) is 37.3 Å². The normalized spacial score (nSPS) is 12.0. The second kappa shape index (κ2) is 10.2. The van der Waals surface area contributed by atoms with E-state index in [1.807, 2.05) is 6.92 Å². The number of esters is 1. The molecule has 2 amide bonds. The van der Waals surface area contributed by atoms with Gasteiger partial charge in [-0.15, -0.1) is 0 Å². The van der Waals surface area contributed by atoms with Crippen molar-refractivity contribution in [3.63, 3.8) is 0 Å². The molecule has 1 rings (SSSR count). The first-order chi connectivity index (χ1) is 11.3. The number of halogens is 4. The molecule has 1 aromatic carbocycles. The van der Waals surface area contributed by atoms with Crippen LogP contribution in [0.15, 0.2) is 18.2 Å². The van der Waals surface area contributed by atoms with Gasteiger partial charge in [-0.1, -0.05) is 59.7 Å². The minimum absolute atomic E-state index is 0.228. The molecule has 0 radical (unpaired) electrons. The van der Waals surface area contributed by atoms with E-state index < -0.39 is 23.1 Å². The third-order valence-corrected chi connectivity index (χ3v) is 4.06. The van der Waals surface area contributed by atoms with Crippen molar-refractivity contribution in [2.24, 2.45) is 0 Å². The highest BCUT2D eigenvalue weighted by atomic mass is 35.5. The van der Waals surface area contributed by atoms with Gasteiger partial charge in [-0.3, -0.25) is 9.69 Å². The number of benzene rings is 1. The van der Waals surface area contributed by atoms with Crippen molar-refractivity contribution in [3.05, 3.63) is 28.2 Å². The third kappa shape index (κ3) is 6.55. The Balaban J connectivity index is 2.76. The number of anilines is 1. The molecule has 1 unspecified atom stereocenters. The number of alkyl halides is 2. The molecule has 0 aliphatic rings. The number of hydrogen-bond donors (Lipinski definition) is 1. The fraction of sp³-hybridized carbons (Fsp3) is 0.467. The second-order valence-electron chi connectivity index (χ2n) is 4.98. The molecule has 5 nitrogen and oxygen atoms in total. The number of nitrogens with one attached hydrogen (secondary N) is 1. The van der Waals surface area contributed by atoms with E-state index in [0.717, 1.165) is 11.3 Å². The van der Waals surface area contributed by atoms with Gasteiger partial charge in [-0.2, -0.15) is 0 Å². The summed E-state index contributed by atoms with van der Waals surface area (Å²) in [6.07, 6.45) is 0.628. The Hall–Kier alpha value is -0.880. The van der Waals surface area contributed by atoms with Crippen LogP contribution in [0.5, 0.6) is 0 Å². The summed E-state index contributed by atoms with van der Waals surface area (Å²) >= 11 is 23.5. The molecule has 0 heterocycles. The van der Waals surface area contributed by atoms with E-state index in [1.165, 1.54) is 13.1 Å². The summed E-state index contributed by atoms with van der Waals surface area (Å²) < 4.78 is 5.19.